The van der Waals surface area contributed by atoms with Gasteiger partial charge in [-0.3, -0.25) is 4.90 Å². The molecule has 1 fully saturated rings. The predicted molar refractivity (Wildman–Crippen MR) is 88.9 cm³/mol. The standard InChI is InChI=1S/C17H27ClN2O/c1-4-19-11-17(9-10-21-13-17)12-20(3)14(2)15-7-5-6-8-16(15)18/h5-8,14,19H,4,9-13H2,1-3H3. The van der Waals surface area contributed by atoms with E-state index in [2.05, 4.69) is 43.2 Å². The summed E-state index contributed by atoms with van der Waals surface area (Å²) in [5, 5.41) is 4.34. The molecule has 0 aliphatic carbocycles. The topological polar surface area (TPSA) is 24.5 Å². The molecule has 118 valence electrons. The van der Waals surface area contributed by atoms with Gasteiger partial charge in [0.15, 0.2) is 0 Å². The Balaban J connectivity index is 2.05. The molecule has 4 heteroatoms. The zero-order valence-corrected chi connectivity index (χ0v) is 14.1. The van der Waals surface area contributed by atoms with Gasteiger partial charge in [-0.25, -0.2) is 0 Å². The maximum absolute atomic E-state index is 6.33. The van der Waals surface area contributed by atoms with Gasteiger partial charge >= 0.3 is 0 Å². The molecular weight excluding hydrogens is 284 g/mol. The summed E-state index contributed by atoms with van der Waals surface area (Å²) in [6, 6.07) is 8.42. The van der Waals surface area contributed by atoms with Gasteiger partial charge in [-0.15, -0.1) is 0 Å². The molecule has 1 aromatic carbocycles. The van der Waals surface area contributed by atoms with Crippen LogP contribution in [0.2, 0.25) is 5.02 Å². The minimum absolute atomic E-state index is 0.222. The Morgan fingerprint density at radius 2 is 2.19 bits per heavy atom. The summed E-state index contributed by atoms with van der Waals surface area (Å²) in [6.07, 6.45) is 1.12. The Labute approximate surface area is 133 Å². The summed E-state index contributed by atoms with van der Waals surface area (Å²) < 4.78 is 5.67. The van der Waals surface area contributed by atoms with Gasteiger partial charge in [0.05, 0.1) is 6.61 Å². The molecule has 3 nitrogen and oxygen atoms in total. The Kier molecular flexibility index (Phi) is 6.06. The van der Waals surface area contributed by atoms with Crippen LogP contribution in [0, 0.1) is 5.41 Å². The van der Waals surface area contributed by atoms with Crippen molar-refractivity contribution in [3.8, 4) is 0 Å². The van der Waals surface area contributed by atoms with E-state index >= 15 is 0 Å². The number of hydrogen-bond acceptors (Lipinski definition) is 3. The number of hydrogen-bond donors (Lipinski definition) is 1. The monoisotopic (exact) mass is 310 g/mol. The molecule has 21 heavy (non-hydrogen) atoms. The van der Waals surface area contributed by atoms with Crippen molar-refractivity contribution in [2.24, 2.45) is 5.41 Å². The molecule has 1 aliphatic rings. The molecule has 2 atom stereocenters. The largest absolute Gasteiger partial charge is 0.381 e. The Morgan fingerprint density at radius 1 is 1.43 bits per heavy atom. The third-order valence-electron chi connectivity index (χ3n) is 4.54. The molecule has 2 unspecified atom stereocenters. The minimum atomic E-state index is 0.222. The first-order valence-electron chi connectivity index (χ1n) is 7.81. The summed E-state index contributed by atoms with van der Waals surface area (Å²) in [6.45, 7) is 9.14. The van der Waals surface area contributed by atoms with Crippen LogP contribution in [-0.2, 0) is 4.74 Å². The van der Waals surface area contributed by atoms with Crippen LogP contribution in [0.1, 0.15) is 31.9 Å². The van der Waals surface area contributed by atoms with Crippen molar-refractivity contribution in [3.63, 3.8) is 0 Å². The first kappa shape index (κ1) is 16.8. The van der Waals surface area contributed by atoms with Gasteiger partial charge in [0, 0.05) is 36.2 Å². The highest BCUT2D eigenvalue weighted by atomic mass is 35.5. The Hall–Kier alpha value is -0.610. The fraction of sp³-hybridized carbons (Fsp3) is 0.647. The van der Waals surface area contributed by atoms with Crippen molar-refractivity contribution < 1.29 is 4.74 Å². The average molecular weight is 311 g/mol. The van der Waals surface area contributed by atoms with E-state index in [9.17, 15) is 0 Å². The van der Waals surface area contributed by atoms with Crippen LogP contribution in [0.4, 0.5) is 0 Å². The minimum Gasteiger partial charge on any atom is -0.381 e. The number of nitrogens with one attached hydrogen (secondary N) is 1. The van der Waals surface area contributed by atoms with Gasteiger partial charge in [-0.1, -0.05) is 36.7 Å². The van der Waals surface area contributed by atoms with Crippen molar-refractivity contribution in [2.75, 3.05) is 39.9 Å². The van der Waals surface area contributed by atoms with Gasteiger partial charge in [0.2, 0.25) is 0 Å². The first-order chi connectivity index (χ1) is 10.1. The SMILES string of the molecule is CCNCC1(CN(C)C(C)c2ccccc2Cl)CCOC1. The molecule has 0 saturated carbocycles. The van der Waals surface area contributed by atoms with Gasteiger partial charge in [-0.05, 0) is 38.6 Å². The molecule has 0 bridgehead atoms. The molecular formula is C17H27ClN2O. The molecule has 0 amide bonds. The average Bonchev–Trinajstić information content (AvgIpc) is 2.93. The van der Waals surface area contributed by atoms with E-state index in [4.69, 9.17) is 16.3 Å². The molecule has 1 N–H and O–H groups in total. The second-order valence-electron chi connectivity index (χ2n) is 6.20. The van der Waals surface area contributed by atoms with Crippen molar-refractivity contribution in [1.29, 1.82) is 0 Å². The summed E-state index contributed by atoms with van der Waals surface area (Å²) in [7, 11) is 2.18. The lowest BCUT2D eigenvalue weighted by atomic mass is 9.86. The van der Waals surface area contributed by atoms with Crippen LogP contribution in [0.5, 0.6) is 0 Å². The molecule has 2 rings (SSSR count). The lowest BCUT2D eigenvalue weighted by molar-refractivity contribution is 0.104. The third-order valence-corrected chi connectivity index (χ3v) is 4.88. The van der Waals surface area contributed by atoms with Gasteiger partial charge < -0.3 is 10.1 Å². The van der Waals surface area contributed by atoms with E-state index in [-0.39, 0.29) is 5.41 Å². The zero-order valence-electron chi connectivity index (χ0n) is 13.4. The van der Waals surface area contributed by atoms with Crippen LogP contribution in [-0.4, -0.2) is 44.8 Å². The van der Waals surface area contributed by atoms with Crippen LogP contribution < -0.4 is 5.32 Å². The van der Waals surface area contributed by atoms with E-state index in [1.165, 1.54) is 5.56 Å². The number of ether oxygens (including phenoxy) is 1. The molecule has 0 radical (unpaired) electrons. The molecule has 0 spiro atoms. The summed E-state index contributed by atoms with van der Waals surface area (Å²) >= 11 is 6.33. The molecule has 1 aliphatic heterocycles. The van der Waals surface area contributed by atoms with Crippen molar-refractivity contribution >= 4 is 11.6 Å². The van der Waals surface area contributed by atoms with Gasteiger partial charge in [0.1, 0.15) is 0 Å². The molecule has 1 heterocycles. The van der Waals surface area contributed by atoms with Gasteiger partial charge in [0.25, 0.3) is 0 Å². The smallest absolute Gasteiger partial charge is 0.0547 e. The second-order valence-corrected chi connectivity index (χ2v) is 6.60. The highest BCUT2D eigenvalue weighted by Gasteiger charge is 2.36. The van der Waals surface area contributed by atoms with Crippen LogP contribution in [0.3, 0.4) is 0 Å². The van der Waals surface area contributed by atoms with Crippen LogP contribution >= 0.6 is 11.6 Å². The summed E-state index contributed by atoms with van der Waals surface area (Å²) in [4.78, 5) is 2.40. The fourth-order valence-electron chi connectivity index (χ4n) is 3.08. The summed E-state index contributed by atoms with van der Waals surface area (Å²) in [5.41, 5.74) is 1.42. The first-order valence-corrected chi connectivity index (χ1v) is 8.19. The quantitative estimate of drug-likeness (QED) is 0.836. The normalized spacial score (nSPS) is 23.7. The lowest BCUT2D eigenvalue weighted by Crippen LogP contribution is -2.44. The second kappa shape index (κ2) is 7.59. The van der Waals surface area contributed by atoms with Crippen molar-refractivity contribution in [3.05, 3.63) is 34.9 Å². The van der Waals surface area contributed by atoms with Crippen LogP contribution in [0.15, 0.2) is 24.3 Å². The highest BCUT2D eigenvalue weighted by Crippen LogP contribution is 2.33. The third kappa shape index (κ3) is 4.19. The maximum Gasteiger partial charge on any atom is 0.0547 e. The zero-order chi connectivity index (χ0) is 15.3. The Bertz CT molecular complexity index is 446. The van der Waals surface area contributed by atoms with E-state index in [1.54, 1.807) is 0 Å². The number of halogens is 1. The number of rotatable bonds is 7. The predicted octanol–water partition coefficient (Wildman–Crippen LogP) is 3.35. The van der Waals surface area contributed by atoms with Gasteiger partial charge in [-0.2, -0.15) is 0 Å². The van der Waals surface area contributed by atoms with Crippen LogP contribution in [0.25, 0.3) is 0 Å². The lowest BCUT2D eigenvalue weighted by Gasteiger charge is -2.36. The summed E-state index contributed by atoms with van der Waals surface area (Å²) in [5.74, 6) is 0. The van der Waals surface area contributed by atoms with Crippen molar-refractivity contribution in [2.45, 2.75) is 26.3 Å². The fourth-order valence-corrected chi connectivity index (χ4v) is 3.37. The number of nitrogens with zero attached hydrogens (tertiary/aromatic N) is 1. The molecule has 0 aromatic heterocycles. The van der Waals surface area contributed by atoms with E-state index < -0.39 is 0 Å². The number of benzene rings is 1. The van der Waals surface area contributed by atoms with E-state index in [0.29, 0.717) is 6.04 Å². The maximum atomic E-state index is 6.33. The van der Waals surface area contributed by atoms with Crippen molar-refractivity contribution in [1.82, 2.24) is 10.2 Å². The Morgan fingerprint density at radius 3 is 2.81 bits per heavy atom. The van der Waals surface area contributed by atoms with E-state index in [1.807, 2.05) is 12.1 Å². The van der Waals surface area contributed by atoms with E-state index in [0.717, 1.165) is 44.3 Å². The molecule has 1 aromatic rings. The molecule has 1 saturated heterocycles. The highest BCUT2D eigenvalue weighted by molar-refractivity contribution is 6.31.